The van der Waals surface area contributed by atoms with E-state index in [1.165, 1.54) is 0 Å². The molecule has 1 rings (SSSR count). The molecular formula is C7H11F2N5O2. The van der Waals surface area contributed by atoms with Gasteiger partial charge in [-0.3, -0.25) is 0 Å². The zero-order chi connectivity index (χ0) is 12.0. The van der Waals surface area contributed by atoms with Crippen LogP contribution in [0, 0.1) is 0 Å². The second kappa shape index (κ2) is 6.08. The lowest BCUT2D eigenvalue weighted by Crippen LogP contribution is -2.18. The Kier molecular flexibility index (Phi) is 4.73. The summed E-state index contributed by atoms with van der Waals surface area (Å²) in [7, 11) is 0. The fourth-order valence-electron chi connectivity index (χ4n) is 0.818. The molecule has 0 aromatic carbocycles. The van der Waals surface area contributed by atoms with Gasteiger partial charge in [0.1, 0.15) is 6.33 Å². The highest BCUT2D eigenvalue weighted by Gasteiger charge is 2.05. The SMILES string of the molecule is OC(F)CNc1ncnc(NCC(O)F)n1. The van der Waals surface area contributed by atoms with Gasteiger partial charge in [0.05, 0.1) is 13.1 Å². The molecule has 4 N–H and O–H groups in total. The molecule has 2 atom stereocenters. The van der Waals surface area contributed by atoms with Crippen LogP contribution in [0.5, 0.6) is 0 Å². The maximum atomic E-state index is 12.1. The van der Waals surface area contributed by atoms with Gasteiger partial charge in [0.2, 0.25) is 24.6 Å². The first-order chi connectivity index (χ1) is 7.58. The third-order valence-corrected chi connectivity index (χ3v) is 1.43. The Balaban J connectivity index is 2.50. The Morgan fingerprint density at radius 3 is 1.88 bits per heavy atom. The minimum absolute atomic E-state index is 0.0301. The molecule has 0 fully saturated rings. The number of aromatic nitrogens is 3. The van der Waals surface area contributed by atoms with E-state index in [0.29, 0.717) is 0 Å². The molecule has 90 valence electrons. The molecule has 1 aromatic rings. The van der Waals surface area contributed by atoms with Crippen LogP contribution in [0.25, 0.3) is 0 Å². The molecule has 0 aliphatic carbocycles. The van der Waals surface area contributed by atoms with Crippen LogP contribution in [0.15, 0.2) is 6.33 Å². The van der Waals surface area contributed by atoms with Crippen molar-refractivity contribution < 1.29 is 19.0 Å². The van der Waals surface area contributed by atoms with Crippen molar-refractivity contribution in [3.05, 3.63) is 6.33 Å². The van der Waals surface area contributed by atoms with Crippen molar-refractivity contribution in [2.75, 3.05) is 23.7 Å². The van der Waals surface area contributed by atoms with Gasteiger partial charge in [-0.2, -0.15) is 4.98 Å². The average molecular weight is 235 g/mol. The maximum Gasteiger partial charge on any atom is 0.227 e. The van der Waals surface area contributed by atoms with Crippen LogP contribution >= 0.6 is 0 Å². The predicted molar refractivity (Wildman–Crippen MR) is 51.0 cm³/mol. The number of anilines is 2. The van der Waals surface area contributed by atoms with Crippen molar-refractivity contribution >= 4 is 11.9 Å². The summed E-state index contributed by atoms with van der Waals surface area (Å²) in [4.78, 5) is 11.0. The molecule has 0 aliphatic heterocycles. The van der Waals surface area contributed by atoms with Crippen LogP contribution in [0.4, 0.5) is 20.7 Å². The second-order valence-corrected chi connectivity index (χ2v) is 2.76. The van der Waals surface area contributed by atoms with E-state index in [4.69, 9.17) is 10.2 Å². The molecule has 2 unspecified atom stereocenters. The Morgan fingerprint density at radius 1 is 1.06 bits per heavy atom. The number of aliphatic hydroxyl groups is 2. The molecule has 1 heterocycles. The third kappa shape index (κ3) is 4.75. The standard InChI is InChI=1S/C7H11F2N5O2/c8-4(15)1-10-6-12-3-13-7(14-6)11-2-5(9)16/h3-5,15-16H,1-2H2,(H2,10,11,12,13,14). The summed E-state index contributed by atoms with van der Waals surface area (Å²) in [5.41, 5.74) is 0. The van der Waals surface area contributed by atoms with Gasteiger partial charge in [-0.15, -0.1) is 0 Å². The van der Waals surface area contributed by atoms with E-state index in [2.05, 4.69) is 25.6 Å². The molecule has 9 heteroatoms. The molecule has 0 saturated carbocycles. The molecule has 7 nitrogen and oxygen atoms in total. The van der Waals surface area contributed by atoms with E-state index >= 15 is 0 Å². The highest BCUT2D eigenvalue weighted by atomic mass is 19.1. The van der Waals surface area contributed by atoms with Crippen LogP contribution in [-0.4, -0.2) is 51.0 Å². The summed E-state index contributed by atoms with van der Waals surface area (Å²) in [6.45, 7) is -0.732. The number of nitrogens with zero attached hydrogens (tertiary/aromatic N) is 3. The van der Waals surface area contributed by atoms with Crippen molar-refractivity contribution in [2.45, 2.75) is 12.7 Å². The highest BCUT2D eigenvalue weighted by molar-refractivity contribution is 5.32. The Bertz CT molecular complexity index is 298. The van der Waals surface area contributed by atoms with E-state index in [9.17, 15) is 8.78 Å². The summed E-state index contributed by atoms with van der Waals surface area (Å²) in [5.74, 6) is 0.0603. The lowest BCUT2D eigenvalue weighted by atomic mass is 10.6. The maximum absolute atomic E-state index is 12.1. The number of hydrogen-bond donors (Lipinski definition) is 4. The van der Waals surface area contributed by atoms with Gasteiger partial charge in [0.25, 0.3) is 0 Å². The van der Waals surface area contributed by atoms with Crippen LogP contribution in [0.3, 0.4) is 0 Å². The van der Waals surface area contributed by atoms with Crippen molar-refractivity contribution in [3.63, 3.8) is 0 Å². The van der Waals surface area contributed by atoms with Crippen LogP contribution < -0.4 is 10.6 Å². The zero-order valence-corrected chi connectivity index (χ0v) is 8.14. The molecule has 0 radical (unpaired) electrons. The predicted octanol–water partition coefficient (Wildman–Crippen LogP) is -0.729. The summed E-state index contributed by atoms with van der Waals surface area (Å²) >= 11 is 0. The topological polar surface area (TPSA) is 103 Å². The molecule has 1 aromatic heterocycles. The monoisotopic (exact) mass is 235 g/mol. The number of alkyl halides is 2. The molecule has 16 heavy (non-hydrogen) atoms. The molecular weight excluding hydrogens is 224 g/mol. The van der Waals surface area contributed by atoms with Gasteiger partial charge in [0.15, 0.2) is 0 Å². The number of aliphatic hydroxyl groups excluding tert-OH is 2. The average Bonchev–Trinajstić information content (AvgIpc) is 2.24. The molecule has 0 spiro atoms. The van der Waals surface area contributed by atoms with E-state index in [1.54, 1.807) is 0 Å². The largest absolute Gasteiger partial charge is 0.363 e. The number of nitrogens with one attached hydrogen (secondary N) is 2. The lowest BCUT2D eigenvalue weighted by molar-refractivity contribution is 0.0542. The summed E-state index contributed by atoms with van der Waals surface area (Å²) < 4.78 is 24.1. The number of hydrogen-bond acceptors (Lipinski definition) is 7. The number of halogens is 2. The van der Waals surface area contributed by atoms with E-state index in [0.717, 1.165) is 6.33 Å². The van der Waals surface area contributed by atoms with E-state index < -0.39 is 12.7 Å². The highest BCUT2D eigenvalue weighted by Crippen LogP contribution is 2.02. The van der Waals surface area contributed by atoms with Crippen molar-refractivity contribution in [3.8, 4) is 0 Å². The van der Waals surface area contributed by atoms with Crippen molar-refractivity contribution in [2.24, 2.45) is 0 Å². The quantitative estimate of drug-likeness (QED) is 0.515. The minimum Gasteiger partial charge on any atom is -0.363 e. The van der Waals surface area contributed by atoms with Gasteiger partial charge in [0, 0.05) is 0 Å². The number of rotatable bonds is 6. The van der Waals surface area contributed by atoms with Gasteiger partial charge in [-0.05, 0) is 0 Å². The lowest BCUT2D eigenvalue weighted by Gasteiger charge is -2.07. The second-order valence-electron chi connectivity index (χ2n) is 2.76. The third-order valence-electron chi connectivity index (χ3n) is 1.43. The Labute approximate surface area is 89.6 Å². The van der Waals surface area contributed by atoms with Gasteiger partial charge in [-0.25, -0.2) is 18.7 Å². The van der Waals surface area contributed by atoms with Crippen LogP contribution in [0.2, 0.25) is 0 Å². The van der Waals surface area contributed by atoms with Crippen LogP contribution in [-0.2, 0) is 0 Å². The molecule has 0 amide bonds. The van der Waals surface area contributed by atoms with Gasteiger partial charge >= 0.3 is 0 Å². The molecule has 0 bridgehead atoms. The summed E-state index contributed by atoms with van der Waals surface area (Å²) in [6, 6.07) is 0. The summed E-state index contributed by atoms with van der Waals surface area (Å²) in [5, 5.41) is 21.5. The van der Waals surface area contributed by atoms with E-state index in [-0.39, 0.29) is 25.0 Å². The zero-order valence-electron chi connectivity index (χ0n) is 8.14. The van der Waals surface area contributed by atoms with Gasteiger partial charge in [-0.1, -0.05) is 0 Å². The summed E-state index contributed by atoms with van der Waals surface area (Å²) in [6.07, 6.45) is -2.94. The molecule has 0 aliphatic rings. The first-order valence-corrected chi connectivity index (χ1v) is 4.39. The smallest absolute Gasteiger partial charge is 0.227 e. The fourth-order valence-corrected chi connectivity index (χ4v) is 0.818. The van der Waals surface area contributed by atoms with Crippen molar-refractivity contribution in [1.29, 1.82) is 0 Å². The van der Waals surface area contributed by atoms with Gasteiger partial charge < -0.3 is 20.8 Å². The normalized spacial score (nSPS) is 14.2. The fraction of sp³-hybridized carbons (Fsp3) is 0.571. The Hall–Kier alpha value is -1.61. The molecule has 0 saturated heterocycles. The minimum atomic E-state index is -2.03. The first kappa shape index (κ1) is 12.5. The van der Waals surface area contributed by atoms with Crippen molar-refractivity contribution in [1.82, 2.24) is 15.0 Å². The Morgan fingerprint density at radius 2 is 1.50 bits per heavy atom. The first-order valence-electron chi connectivity index (χ1n) is 4.39. The van der Waals surface area contributed by atoms with E-state index in [1.807, 2.05) is 0 Å². The van der Waals surface area contributed by atoms with Crippen LogP contribution in [0.1, 0.15) is 0 Å².